The summed E-state index contributed by atoms with van der Waals surface area (Å²) in [6.45, 7) is 4.25. The molecule has 0 fully saturated rings. The number of hydrogen-bond acceptors (Lipinski definition) is 2. The molecular weight excluding hydrogens is 351 g/mol. The molecular formula is C16H19IO2. The monoisotopic (exact) mass is 370 g/mol. The highest BCUT2D eigenvalue weighted by molar-refractivity contribution is 14.1. The molecule has 0 amide bonds. The Balaban J connectivity index is 2.63. The molecule has 0 aliphatic carbocycles. The number of aryl methyl sites for hydroxylation is 1. The SMILES string of the molecule is CCCCc1oc2ccc(I)cc2c(=O)c1CCC. The van der Waals surface area contributed by atoms with Crippen molar-refractivity contribution in [2.75, 3.05) is 0 Å². The van der Waals surface area contributed by atoms with Gasteiger partial charge >= 0.3 is 0 Å². The Morgan fingerprint density at radius 1 is 1.16 bits per heavy atom. The van der Waals surface area contributed by atoms with Gasteiger partial charge in [-0.15, -0.1) is 0 Å². The first-order valence-corrected chi connectivity index (χ1v) is 7.99. The molecule has 0 radical (unpaired) electrons. The zero-order valence-corrected chi connectivity index (χ0v) is 13.6. The second-order valence-corrected chi connectivity index (χ2v) is 6.07. The molecule has 0 saturated heterocycles. The van der Waals surface area contributed by atoms with Crippen LogP contribution in [0.4, 0.5) is 0 Å². The van der Waals surface area contributed by atoms with Crippen LogP contribution >= 0.6 is 22.6 Å². The number of benzene rings is 1. The molecule has 1 heterocycles. The summed E-state index contributed by atoms with van der Waals surface area (Å²) in [4.78, 5) is 12.6. The number of halogens is 1. The van der Waals surface area contributed by atoms with Crippen molar-refractivity contribution in [1.82, 2.24) is 0 Å². The summed E-state index contributed by atoms with van der Waals surface area (Å²) in [7, 11) is 0. The first kappa shape index (κ1) is 14.6. The zero-order valence-electron chi connectivity index (χ0n) is 11.5. The molecule has 0 spiro atoms. The van der Waals surface area contributed by atoms with Crippen LogP contribution < -0.4 is 5.43 Å². The van der Waals surface area contributed by atoms with Gasteiger partial charge in [0.15, 0.2) is 5.43 Å². The third kappa shape index (κ3) is 3.19. The van der Waals surface area contributed by atoms with E-state index in [-0.39, 0.29) is 5.43 Å². The minimum atomic E-state index is 0.160. The lowest BCUT2D eigenvalue weighted by Crippen LogP contribution is -2.13. The van der Waals surface area contributed by atoms with E-state index in [0.717, 1.165) is 58.0 Å². The van der Waals surface area contributed by atoms with Crippen molar-refractivity contribution < 1.29 is 4.42 Å². The first-order chi connectivity index (χ1) is 9.17. The van der Waals surface area contributed by atoms with Crippen molar-refractivity contribution in [2.24, 2.45) is 0 Å². The molecule has 0 bridgehead atoms. The predicted molar refractivity (Wildman–Crippen MR) is 87.8 cm³/mol. The number of rotatable bonds is 5. The minimum absolute atomic E-state index is 0.160. The fraction of sp³-hybridized carbons (Fsp3) is 0.438. The second-order valence-electron chi connectivity index (χ2n) is 4.83. The molecule has 0 atom stereocenters. The molecule has 0 N–H and O–H groups in total. The smallest absolute Gasteiger partial charge is 0.196 e. The summed E-state index contributed by atoms with van der Waals surface area (Å²) in [5.41, 5.74) is 1.76. The summed E-state index contributed by atoms with van der Waals surface area (Å²) >= 11 is 2.23. The molecule has 1 aromatic carbocycles. The summed E-state index contributed by atoms with van der Waals surface area (Å²) in [6.07, 6.45) is 4.82. The molecule has 0 saturated carbocycles. The van der Waals surface area contributed by atoms with Gasteiger partial charge in [-0.1, -0.05) is 26.7 Å². The Labute approximate surface area is 127 Å². The van der Waals surface area contributed by atoms with E-state index in [9.17, 15) is 4.79 Å². The number of fused-ring (bicyclic) bond motifs is 1. The average Bonchev–Trinajstić information content (AvgIpc) is 2.41. The van der Waals surface area contributed by atoms with Gasteiger partial charge in [0.2, 0.25) is 0 Å². The molecule has 102 valence electrons. The van der Waals surface area contributed by atoms with E-state index in [0.29, 0.717) is 0 Å². The van der Waals surface area contributed by atoms with Gasteiger partial charge in [0.1, 0.15) is 11.3 Å². The van der Waals surface area contributed by atoms with Crippen LogP contribution in [0.15, 0.2) is 27.4 Å². The van der Waals surface area contributed by atoms with E-state index >= 15 is 0 Å². The van der Waals surface area contributed by atoms with E-state index < -0.39 is 0 Å². The quantitative estimate of drug-likeness (QED) is 0.715. The van der Waals surface area contributed by atoms with Gasteiger partial charge in [-0.3, -0.25) is 4.79 Å². The molecule has 2 aromatic rings. The molecule has 0 aliphatic heterocycles. The van der Waals surface area contributed by atoms with Gasteiger partial charge in [0.05, 0.1) is 5.39 Å². The van der Waals surface area contributed by atoms with Crippen molar-refractivity contribution in [3.63, 3.8) is 0 Å². The van der Waals surface area contributed by atoms with E-state index in [2.05, 4.69) is 36.4 Å². The summed E-state index contributed by atoms with van der Waals surface area (Å²) in [5, 5.41) is 0.718. The van der Waals surface area contributed by atoms with Gasteiger partial charge in [-0.05, 0) is 53.6 Å². The van der Waals surface area contributed by atoms with Gasteiger partial charge in [-0.25, -0.2) is 0 Å². The highest BCUT2D eigenvalue weighted by atomic mass is 127. The van der Waals surface area contributed by atoms with Crippen molar-refractivity contribution in [3.8, 4) is 0 Å². The van der Waals surface area contributed by atoms with Crippen LogP contribution in [0.2, 0.25) is 0 Å². The molecule has 1 aromatic heterocycles. The van der Waals surface area contributed by atoms with Gasteiger partial charge in [-0.2, -0.15) is 0 Å². The third-order valence-electron chi connectivity index (χ3n) is 3.29. The molecule has 2 rings (SSSR count). The zero-order chi connectivity index (χ0) is 13.8. The lowest BCUT2D eigenvalue weighted by molar-refractivity contribution is 0.513. The van der Waals surface area contributed by atoms with E-state index in [1.165, 1.54) is 0 Å². The molecule has 19 heavy (non-hydrogen) atoms. The maximum absolute atomic E-state index is 12.6. The lowest BCUT2D eigenvalue weighted by atomic mass is 10.0. The van der Waals surface area contributed by atoms with Crippen molar-refractivity contribution in [2.45, 2.75) is 46.0 Å². The molecule has 0 unspecified atom stereocenters. The maximum Gasteiger partial charge on any atom is 0.196 e. The van der Waals surface area contributed by atoms with Crippen LogP contribution in [0.25, 0.3) is 11.0 Å². The average molecular weight is 370 g/mol. The van der Waals surface area contributed by atoms with Crippen LogP contribution in [0.3, 0.4) is 0 Å². The molecule has 0 aliphatic rings. The van der Waals surface area contributed by atoms with Crippen molar-refractivity contribution >= 4 is 33.6 Å². The highest BCUT2D eigenvalue weighted by Gasteiger charge is 2.13. The van der Waals surface area contributed by atoms with Crippen LogP contribution in [-0.4, -0.2) is 0 Å². The van der Waals surface area contributed by atoms with E-state index in [1.54, 1.807) is 0 Å². The van der Waals surface area contributed by atoms with Gasteiger partial charge < -0.3 is 4.42 Å². The normalized spacial score (nSPS) is 11.1. The van der Waals surface area contributed by atoms with Crippen LogP contribution in [-0.2, 0) is 12.8 Å². The summed E-state index contributed by atoms with van der Waals surface area (Å²) in [5.74, 6) is 0.891. The van der Waals surface area contributed by atoms with Gasteiger partial charge in [0, 0.05) is 15.6 Å². The predicted octanol–water partition coefficient (Wildman–Crippen LogP) is 4.69. The fourth-order valence-corrected chi connectivity index (χ4v) is 2.79. The Kier molecular flexibility index (Phi) is 5.02. The van der Waals surface area contributed by atoms with Crippen LogP contribution in [0.1, 0.15) is 44.4 Å². The lowest BCUT2D eigenvalue weighted by Gasteiger charge is -2.09. The summed E-state index contributed by atoms with van der Waals surface area (Å²) in [6, 6.07) is 5.81. The topological polar surface area (TPSA) is 30.2 Å². The number of hydrogen-bond donors (Lipinski definition) is 0. The fourth-order valence-electron chi connectivity index (χ4n) is 2.29. The Morgan fingerprint density at radius 3 is 2.63 bits per heavy atom. The Bertz CT molecular complexity index is 628. The highest BCUT2D eigenvalue weighted by Crippen LogP contribution is 2.20. The van der Waals surface area contributed by atoms with E-state index in [4.69, 9.17) is 4.42 Å². The van der Waals surface area contributed by atoms with Crippen LogP contribution in [0.5, 0.6) is 0 Å². The van der Waals surface area contributed by atoms with E-state index in [1.807, 2.05) is 18.2 Å². The second kappa shape index (κ2) is 6.55. The third-order valence-corrected chi connectivity index (χ3v) is 3.96. The largest absolute Gasteiger partial charge is 0.461 e. The van der Waals surface area contributed by atoms with Crippen LogP contribution in [0, 0.1) is 3.57 Å². The Hall–Kier alpha value is -0.840. The van der Waals surface area contributed by atoms with Crippen molar-refractivity contribution in [1.29, 1.82) is 0 Å². The number of unbranched alkanes of at least 4 members (excludes halogenated alkanes) is 1. The minimum Gasteiger partial charge on any atom is -0.461 e. The molecule has 2 nitrogen and oxygen atoms in total. The first-order valence-electron chi connectivity index (χ1n) is 6.91. The van der Waals surface area contributed by atoms with Gasteiger partial charge in [0.25, 0.3) is 0 Å². The standard InChI is InChI=1S/C16H19IO2/c1-3-5-7-14-12(6-4-2)16(18)13-10-11(17)8-9-15(13)19-14/h8-10H,3-7H2,1-2H3. The maximum atomic E-state index is 12.6. The Morgan fingerprint density at radius 2 is 1.95 bits per heavy atom. The molecule has 3 heteroatoms. The summed E-state index contributed by atoms with van der Waals surface area (Å²) < 4.78 is 7.05. The van der Waals surface area contributed by atoms with Crippen molar-refractivity contribution in [3.05, 3.63) is 43.3 Å².